The zero-order valence-corrected chi connectivity index (χ0v) is 10.9. The summed E-state index contributed by atoms with van der Waals surface area (Å²) in [5.41, 5.74) is -0.625. The first-order valence-electron chi connectivity index (χ1n) is 7.16. The van der Waals surface area contributed by atoms with E-state index in [4.69, 9.17) is 9.84 Å². The van der Waals surface area contributed by atoms with Crippen molar-refractivity contribution < 1.29 is 19.7 Å². The summed E-state index contributed by atoms with van der Waals surface area (Å²) in [5, 5.41) is 18.3. The normalized spacial score (nSPS) is 31.7. The SMILES string of the molecule is O=C(O)C1(CCCCCCO)CCOC1C1CC1. The Morgan fingerprint density at radius 1 is 1.22 bits per heavy atom. The Morgan fingerprint density at radius 2 is 1.94 bits per heavy atom. The molecule has 4 nitrogen and oxygen atoms in total. The predicted molar refractivity (Wildman–Crippen MR) is 67.3 cm³/mol. The Kier molecular flexibility index (Phi) is 4.62. The van der Waals surface area contributed by atoms with Gasteiger partial charge in [0.15, 0.2) is 0 Å². The second-order valence-electron chi connectivity index (χ2n) is 5.73. The number of hydrogen-bond acceptors (Lipinski definition) is 3. The number of aliphatic hydroxyl groups excluding tert-OH is 1. The van der Waals surface area contributed by atoms with Crippen molar-refractivity contribution in [3.63, 3.8) is 0 Å². The van der Waals surface area contributed by atoms with Crippen molar-refractivity contribution in [3.8, 4) is 0 Å². The molecule has 1 heterocycles. The van der Waals surface area contributed by atoms with Crippen molar-refractivity contribution in [3.05, 3.63) is 0 Å². The lowest BCUT2D eigenvalue weighted by Gasteiger charge is -2.30. The van der Waals surface area contributed by atoms with Crippen molar-refractivity contribution in [2.24, 2.45) is 11.3 Å². The smallest absolute Gasteiger partial charge is 0.312 e. The van der Waals surface area contributed by atoms with Gasteiger partial charge >= 0.3 is 5.97 Å². The first-order valence-corrected chi connectivity index (χ1v) is 7.16. The van der Waals surface area contributed by atoms with E-state index in [9.17, 15) is 9.90 Å². The second kappa shape index (κ2) is 6.02. The molecule has 2 rings (SSSR count). The fourth-order valence-corrected chi connectivity index (χ4v) is 3.16. The molecule has 0 aromatic rings. The molecule has 1 saturated carbocycles. The Morgan fingerprint density at radius 3 is 2.56 bits per heavy atom. The number of unbranched alkanes of at least 4 members (excludes halogenated alkanes) is 3. The van der Waals surface area contributed by atoms with Gasteiger partial charge in [0.2, 0.25) is 0 Å². The fraction of sp³-hybridized carbons (Fsp3) is 0.929. The molecule has 18 heavy (non-hydrogen) atoms. The summed E-state index contributed by atoms with van der Waals surface area (Å²) in [6, 6.07) is 0. The lowest BCUT2D eigenvalue weighted by Crippen LogP contribution is -2.40. The minimum atomic E-state index is -0.668. The van der Waals surface area contributed by atoms with Crippen LogP contribution in [0.15, 0.2) is 0 Å². The number of hydrogen-bond donors (Lipinski definition) is 2. The van der Waals surface area contributed by atoms with E-state index in [1.807, 2.05) is 0 Å². The third kappa shape index (κ3) is 2.86. The quantitative estimate of drug-likeness (QED) is 0.653. The fourth-order valence-electron chi connectivity index (χ4n) is 3.16. The van der Waals surface area contributed by atoms with Crippen LogP contribution in [0.3, 0.4) is 0 Å². The van der Waals surface area contributed by atoms with Gasteiger partial charge in [0.05, 0.1) is 11.5 Å². The molecular weight excluding hydrogens is 232 g/mol. The predicted octanol–water partition coefficient (Wildman–Crippen LogP) is 2.20. The molecule has 0 radical (unpaired) electrons. The van der Waals surface area contributed by atoms with Crippen LogP contribution in [0.4, 0.5) is 0 Å². The third-order valence-electron chi connectivity index (χ3n) is 4.40. The van der Waals surface area contributed by atoms with Crippen LogP contribution >= 0.6 is 0 Å². The summed E-state index contributed by atoms with van der Waals surface area (Å²) in [6.07, 6.45) is 7.36. The molecule has 0 aromatic heterocycles. The van der Waals surface area contributed by atoms with Gasteiger partial charge in [-0.25, -0.2) is 0 Å². The minimum Gasteiger partial charge on any atom is -0.481 e. The molecule has 2 N–H and O–H groups in total. The Bertz CT molecular complexity index is 288. The molecule has 2 unspecified atom stereocenters. The first-order chi connectivity index (χ1) is 8.70. The number of carbonyl (C=O) groups is 1. The van der Waals surface area contributed by atoms with E-state index in [0.29, 0.717) is 18.9 Å². The molecule has 1 saturated heterocycles. The molecule has 2 fully saturated rings. The van der Waals surface area contributed by atoms with Gasteiger partial charge in [-0.2, -0.15) is 0 Å². The van der Waals surface area contributed by atoms with E-state index in [1.54, 1.807) is 0 Å². The van der Waals surface area contributed by atoms with Gasteiger partial charge in [-0.05, 0) is 38.0 Å². The van der Waals surface area contributed by atoms with Gasteiger partial charge in [-0.15, -0.1) is 0 Å². The number of ether oxygens (including phenoxy) is 1. The molecule has 0 spiro atoms. The highest BCUT2D eigenvalue weighted by molar-refractivity contribution is 5.76. The standard InChI is InChI=1S/C14H24O4/c15-9-4-2-1-3-7-14(13(16)17)8-10-18-12(14)11-5-6-11/h11-12,15H,1-10H2,(H,16,17). The van der Waals surface area contributed by atoms with Gasteiger partial charge in [-0.1, -0.05) is 19.3 Å². The average molecular weight is 256 g/mol. The summed E-state index contributed by atoms with van der Waals surface area (Å²) in [6.45, 7) is 0.835. The number of aliphatic hydroxyl groups is 1. The largest absolute Gasteiger partial charge is 0.481 e. The topological polar surface area (TPSA) is 66.8 Å². The van der Waals surface area contributed by atoms with Crippen LogP contribution in [0, 0.1) is 11.3 Å². The van der Waals surface area contributed by atoms with Gasteiger partial charge in [-0.3, -0.25) is 4.79 Å². The van der Waals surface area contributed by atoms with Gasteiger partial charge in [0.25, 0.3) is 0 Å². The van der Waals surface area contributed by atoms with E-state index in [1.165, 1.54) is 0 Å². The molecule has 4 heteroatoms. The van der Waals surface area contributed by atoms with Crippen molar-refractivity contribution in [1.29, 1.82) is 0 Å². The maximum Gasteiger partial charge on any atom is 0.312 e. The summed E-state index contributed by atoms with van der Waals surface area (Å²) in [4.78, 5) is 11.7. The van der Waals surface area contributed by atoms with Crippen molar-refractivity contribution in [2.75, 3.05) is 13.2 Å². The Hall–Kier alpha value is -0.610. The number of carboxylic acids is 1. The molecule has 1 aliphatic heterocycles. The molecule has 0 bridgehead atoms. The first kappa shape index (κ1) is 13.8. The lowest BCUT2D eigenvalue weighted by molar-refractivity contribution is -0.154. The van der Waals surface area contributed by atoms with E-state index in [2.05, 4.69) is 0 Å². The van der Waals surface area contributed by atoms with Crippen LogP contribution in [0.25, 0.3) is 0 Å². The van der Waals surface area contributed by atoms with Crippen LogP contribution in [-0.4, -0.2) is 35.5 Å². The molecule has 2 atom stereocenters. The van der Waals surface area contributed by atoms with Crippen LogP contribution < -0.4 is 0 Å². The van der Waals surface area contributed by atoms with E-state index in [-0.39, 0.29) is 12.7 Å². The van der Waals surface area contributed by atoms with E-state index >= 15 is 0 Å². The molecule has 1 aliphatic carbocycles. The highest BCUT2D eigenvalue weighted by Gasteiger charge is 2.55. The van der Waals surface area contributed by atoms with E-state index in [0.717, 1.165) is 44.9 Å². The summed E-state index contributed by atoms with van der Waals surface area (Å²) in [5.74, 6) is -0.180. The molecule has 2 aliphatic rings. The van der Waals surface area contributed by atoms with Gasteiger partial charge in [0, 0.05) is 13.2 Å². The molecular formula is C14H24O4. The van der Waals surface area contributed by atoms with Crippen molar-refractivity contribution in [2.45, 2.75) is 57.5 Å². The molecule has 0 aromatic carbocycles. The van der Waals surface area contributed by atoms with Crippen LogP contribution in [0.5, 0.6) is 0 Å². The van der Waals surface area contributed by atoms with Crippen molar-refractivity contribution >= 4 is 5.97 Å². The molecule has 0 amide bonds. The van der Waals surface area contributed by atoms with Crippen LogP contribution in [0.2, 0.25) is 0 Å². The zero-order chi connectivity index (χ0) is 13.0. The average Bonchev–Trinajstić information content (AvgIpc) is 3.10. The lowest BCUT2D eigenvalue weighted by atomic mass is 9.75. The summed E-state index contributed by atoms with van der Waals surface area (Å²) in [7, 11) is 0. The maximum atomic E-state index is 11.7. The van der Waals surface area contributed by atoms with Gasteiger partial charge < -0.3 is 14.9 Å². The number of carboxylic acid groups (broad SMARTS) is 1. The zero-order valence-electron chi connectivity index (χ0n) is 10.9. The van der Waals surface area contributed by atoms with Crippen LogP contribution in [0.1, 0.15) is 51.4 Å². The highest BCUT2D eigenvalue weighted by Crippen LogP contribution is 2.50. The van der Waals surface area contributed by atoms with E-state index < -0.39 is 11.4 Å². The minimum absolute atomic E-state index is 0.0483. The molecule has 104 valence electrons. The highest BCUT2D eigenvalue weighted by atomic mass is 16.5. The Balaban J connectivity index is 1.88. The summed E-state index contributed by atoms with van der Waals surface area (Å²) < 4.78 is 5.71. The maximum absolute atomic E-state index is 11.7. The number of rotatable bonds is 8. The summed E-state index contributed by atoms with van der Waals surface area (Å²) >= 11 is 0. The monoisotopic (exact) mass is 256 g/mol. The van der Waals surface area contributed by atoms with Gasteiger partial charge in [0.1, 0.15) is 0 Å². The third-order valence-corrected chi connectivity index (χ3v) is 4.40. The number of aliphatic carboxylic acids is 1. The van der Waals surface area contributed by atoms with Crippen molar-refractivity contribution in [1.82, 2.24) is 0 Å². The van der Waals surface area contributed by atoms with Crippen LogP contribution in [-0.2, 0) is 9.53 Å². The second-order valence-corrected chi connectivity index (χ2v) is 5.73. The Labute approximate surface area is 108 Å².